The number of carbonyl (C=O) groups is 1. The number of hydrogen-bond acceptors (Lipinski definition) is 1. The van der Waals surface area contributed by atoms with Crippen LogP contribution in [-0.4, -0.2) is 17.0 Å². The third-order valence-corrected chi connectivity index (χ3v) is 3.89. The molecule has 1 aliphatic heterocycles. The first-order valence-corrected chi connectivity index (χ1v) is 5.99. The zero-order valence-electron chi connectivity index (χ0n) is 10.2. The fourth-order valence-electron chi connectivity index (χ4n) is 3.20. The molecule has 1 amide bonds. The molecule has 3 rings (SSSR count). The molecule has 0 fully saturated rings. The van der Waals surface area contributed by atoms with Crippen molar-refractivity contribution in [3.8, 4) is 0 Å². The maximum Gasteiger partial charge on any atom is 0.268 e. The van der Waals surface area contributed by atoms with Crippen LogP contribution in [-0.2, 0) is 19.4 Å². The van der Waals surface area contributed by atoms with E-state index in [9.17, 15) is 4.79 Å². The molecule has 0 saturated carbocycles. The van der Waals surface area contributed by atoms with E-state index in [1.807, 2.05) is 0 Å². The Bertz CT molecular complexity index is 483. The average molecular weight is 218 g/mol. The van der Waals surface area contributed by atoms with E-state index in [4.69, 9.17) is 0 Å². The van der Waals surface area contributed by atoms with E-state index in [-0.39, 0.29) is 5.91 Å². The minimum Gasteiger partial charge on any atom is -0.349 e. The van der Waals surface area contributed by atoms with Crippen LogP contribution in [0.3, 0.4) is 0 Å². The van der Waals surface area contributed by atoms with Crippen molar-refractivity contribution in [3.63, 3.8) is 0 Å². The third kappa shape index (κ3) is 1.17. The summed E-state index contributed by atoms with van der Waals surface area (Å²) in [5.74, 6) is 0.107. The molecule has 0 radical (unpaired) electrons. The van der Waals surface area contributed by atoms with E-state index in [1.165, 1.54) is 16.8 Å². The predicted octanol–water partition coefficient (Wildman–Crippen LogP) is 1.66. The Hall–Kier alpha value is -1.25. The highest BCUT2D eigenvalue weighted by Crippen LogP contribution is 2.40. The summed E-state index contributed by atoms with van der Waals surface area (Å²) in [7, 11) is 0. The molecule has 3 heteroatoms. The van der Waals surface area contributed by atoms with Crippen LogP contribution in [0.5, 0.6) is 0 Å². The van der Waals surface area contributed by atoms with E-state index in [1.54, 1.807) is 0 Å². The maximum atomic E-state index is 11.8. The molecule has 0 saturated heterocycles. The Balaban J connectivity index is 2.19. The Kier molecular flexibility index (Phi) is 1.80. The van der Waals surface area contributed by atoms with Gasteiger partial charge in [-0.2, -0.15) is 0 Å². The number of hydrogen-bond donors (Lipinski definition) is 1. The first-order chi connectivity index (χ1) is 7.49. The quantitative estimate of drug-likeness (QED) is 0.706. The lowest BCUT2D eigenvalue weighted by Gasteiger charge is -2.22. The van der Waals surface area contributed by atoms with Crippen LogP contribution < -0.4 is 5.32 Å². The molecule has 0 atom stereocenters. The number of nitrogens with one attached hydrogen (secondary N) is 1. The van der Waals surface area contributed by atoms with Gasteiger partial charge in [0.15, 0.2) is 0 Å². The van der Waals surface area contributed by atoms with Gasteiger partial charge >= 0.3 is 0 Å². The molecule has 0 bridgehead atoms. The highest BCUT2D eigenvalue weighted by molar-refractivity contribution is 5.95. The summed E-state index contributed by atoms with van der Waals surface area (Å²) in [6.07, 6.45) is 2.22. The second kappa shape index (κ2) is 2.90. The van der Waals surface area contributed by atoms with Crippen molar-refractivity contribution in [2.45, 2.75) is 40.2 Å². The van der Waals surface area contributed by atoms with Gasteiger partial charge in [0.1, 0.15) is 5.69 Å². The molecule has 1 aliphatic carbocycles. The van der Waals surface area contributed by atoms with Crippen LogP contribution in [0.15, 0.2) is 0 Å². The van der Waals surface area contributed by atoms with Gasteiger partial charge in [0.2, 0.25) is 0 Å². The summed E-state index contributed by atoms with van der Waals surface area (Å²) >= 11 is 0. The maximum absolute atomic E-state index is 11.8. The fraction of sp³-hybridized carbons (Fsp3) is 0.615. The summed E-state index contributed by atoms with van der Waals surface area (Å²) in [6, 6.07) is 0. The Morgan fingerprint density at radius 3 is 2.81 bits per heavy atom. The van der Waals surface area contributed by atoms with Crippen LogP contribution >= 0.6 is 0 Å². The molecule has 0 unspecified atom stereocenters. The van der Waals surface area contributed by atoms with E-state index in [0.717, 1.165) is 31.6 Å². The lowest BCUT2D eigenvalue weighted by Crippen LogP contribution is -2.36. The van der Waals surface area contributed by atoms with Gasteiger partial charge in [-0.1, -0.05) is 13.8 Å². The van der Waals surface area contributed by atoms with E-state index in [0.29, 0.717) is 5.41 Å². The number of fused-ring (bicyclic) bond motifs is 3. The predicted molar refractivity (Wildman–Crippen MR) is 62.7 cm³/mol. The summed E-state index contributed by atoms with van der Waals surface area (Å²) in [4.78, 5) is 11.8. The Morgan fingerprint density at radius 2 is 2.06 bits per heavy atom. The highest BCUT2D eigenvalue weighted by Gasteiger charge is 2.36. The van der Waals surface area contributed by atoms with Gasteiger partial charge in [-0.15, -0.1) is 0 Å². The first-order valence-electron chi connectivity index (χ1n) is 5.99. The lowest BCUT2D eigenvalue weighted by atomic mass is 9.89. The average Bonchev–Trinajstić information content (AvgIpc) is 2.63. The standard InChI is InChI=1S/C13H18N2O/c1-8-9-6-13(2,3)7-10(9)15-5-4-14-12(16)11(8)15/h4-7H2,1-3H3,(H,14,16). The number of carbonyl (C=O) groups excluding carboxylic acids is 1. The largest absolute Gasteiger partial charge is 0.349 e. The summed E-state index contributed by atoms with van der Waals surface area (Å²) < 4.78 is 2.25. The zero-order chi connectivity index (χ0) is 11.5. The van der Waals surface area contributed by atoms with Gasteiger partial charge in [0, 0.05) is 18.8 Å². The van der Waals surface area contributed by atoms with Gasteiger partial charge in [-0.3, -0.25) is 4.79 Å². The van der Waals surface area contributed by atoms with Crippen molar-refractivity contribution in [3.05, 3.63) is 22.5 Å². The lowest BCUT2D eigenvalue weighted by molar-refractivity contribution is 0.0926. The smallest absolute Gasteiger partial charge is 0.268 e. The first kappa shape index (κ1) is 9.94. The Morgan fingerprint density at radius 1 is 1.31 bits per heavy atom. The number of rotatable bonds is 0. The van der Waals surface area contributed by atoms with Gasteiger partial charge in [0.25, 0.3) is 5.91 Å². The molecule has 2 aliphatic rings. The number of aromatic nitrogens is 1. The fourth-order valence-corrected chi connectivity index (χ4v) is 3.20. The molecule has 3 nitrogen and oxygen atoms in total. The second-order valence-corrected chi connectivity index (χ2v) is 5.82. The molecule has 86 valence electrons. The van der Waals surface area contributed by atoms with Crippen molar-refractivity contribution < 1.29 is 4.79 Å². The minimum atomic E-state index is 0.107. The molecule has 1 aromatic heterocycles. The molecule has 0 spiro atoms. The minimum absolute atomic E-state index is 0.107. The van der Waals surface area contributed by atoms with Crippen LogP contribution in [0.4, 0.5) is 0 Å². The Labute approximate surface area is 95.8 Å². The molecule has 1 aromatic rings. The van der Waals surface area contributed by atoms with Gasteiger partial charge in [0.05, 0.1) is 0 Å². The molecule has 2 heterocycles. The molecule has 16 heavy (non-hydrogen) atoms. The molecule has 0 aromatic carbocycles. The molecular weight excluding hydrogens is 200 g/mol. The number of amides is 1. The topological polar surface area (TPSA) is 34.0 Å². The SMILES string of the molecule is Cc1c2c(n3c1C(=O)NCC3)CC(C)(C)C2. The molecule has 1 N–H and O–H groups in total. The normalized spacial score (nSPS) is 21.6. The van der Waals surface area contributed by atoms with Gasteiger partial charge in [-0.25, -0.2) is 0 Å². The van der Waals surface area contributed by atoms with Crippen LogP contribution in [0.1, 0.15) is 41.2 Å². The van der Waals surface area contributed by atoms with E-state index < -0.39 is 0 Å². The number of nitrogens with zero attached hydrogens (tertiary/aromatic N) is 1. The second-order valence-electron chi connectivity index (χ2n) is 5.82. The summed E-state index contributed by atoms with van der Waals surface area (Å²) in [6.45, 7) is 8.42. The van der Waals surface area contributed by atoms with Crippen LogP contribution in [0.25, 0.3) is 0 Å². The zero-order valence-corrected chi connectivity index (χ0v) is 10.2. The summed E-state index contributed by atoms with van der Waals surface area (Å²) in [5, 5.41) is 2.93. The third-order valence-electron chi connectivity index (χ3n) is 3.89. The highest BCUT2D eigenvalue weighted by atomic mass is 16.2. The monoisotopic (exact) mass is 218 g/mol. The van der Waals surface area contributed by atoms with Gasteiger partial charge < -0.3 is 9.88 Å². The van der Waals surface area contributed by atoms with Crippen LogP contribution in [0, 0.1) is 12.3 Å². The van der Waals surface area contributed by atoms with Crippen molar-refractivity contribution in [1.82, 2.24) is 9.88 Å². The van der Waals surface area contributed by atoms with E-state index >= 15 is 0 Å². The van der Waals surface area contributed by atoms with Gasteiger partial charge in [-0.05, 0) is 36.3 Å². The molecular formula is C13H18N2O. The van der Waals surface area contributed by atoms with Crippen molar-refractivity contribution >= 4 is 5.91 Å². The van der Waals surface area contributed by atoms with Crippen LogP contribution in [0.2, 0.25) is 0 Å². The van der Waals surface area contributed by atoms with Crippen molar-refractivity contribution in [2.75, 3.05) is 6.54 Å². The van der Waals surface area contributed by atoms with Crippen molar-refractivity contribution in [1.29, 1.82) is 0 Å². The van der Waals surface area contributed by atoms with Crippen molar-refractivity contribution in [2.24, 2.45) is 5.41 Å². The van der Waals surface area contributed by atoms with E-state index in [2.05, 4.69) is 30.7 Å². The summed E-state index contributed by atoms with van der Waals surface area (Å²) in [5.41, 5.74) is 5.32.